The van der Waals surface area contributed by atoms with Crippen molar-refractivity contribution in [1.29, 1.82) is 0 Å². The van der Waals surface area contributed by atoms with E-state index in [0.717, 1.165) is 16.0 Å². The number of hydrogen-bond acceptors (Lipinski definition) is 5. The molecule has 0 radical (unpaired) electrons. The van der Waals surface area contributed by atoms with Gasteiger partial charge in [-0.25, -0.2) is 14.1 Å². The molecule has 3 aromatic rings. The summed E-state index contributed by atoms with van der Waals surface area (Å²) in [5.74, 6) is -1.20. The van der Waals surface area contributed by atoms with Gasteiger partial charge in [-0.3, -0.25) is 14.9 Å². The number of benzene rings is 3. The summed E-state index contributed by atoms with van der Waals surface area (Å²) in [6.45, 7) is 3.79. The van der Waals surface area contributed by atoms with E-state index in [1.165, 1.54) is 25.3 Å². The number of urea groups is 1. The number of imide groups is 2. The molecule has 4 amide bonds. The number of halogens is 2. The van der Waals surface area contributed by atoms with Crippen molar-refractivity contribution >= 4 is 45.5 Å². The first-order valence-corrected chi connectivity index (χ1v) is 11.7. The van der Waals surface area contributed by atoms with E-state index in [2.05, 4.69) is 21.2 Å². The lowest BCUT2D eigenvalue weighted by molar-refractivity contribution is -0.122. The number of aryl methyl sites for hydroxylation is 2. The molecule has 4 rings (SSSR count). The molecule has 3 aromatic carbocycles. The molecule has 0 aromatic heterocycles. The number of anilines is 1. The van der Waals surface area contributed by atoms with Crippen LogP contribution in [0.3, 0.4) is 0 Å². The summed E-state index contributed by atoms with van der Waals surface area (Å²) in [5, 5.41) is 2.23. The summed E-state index contributed by atoms with van der Waals surface area (Å²) < 4.78 is 25.3. The van der Waals surface area contributed by atoms with E-state index in [4.69, 9.17) is 9.47 Å². The number of carbonyl (C=O) groups excluding carboxylic acids is 3. The minimum atomic E-state index is -0.811. The van der Waals surface area contributed by atoms with Gasteiger partial charge in [0.25, 0.3) is 11.8 Å². The average molecular weight is 553 g/mol. The molecule has 1 saturated heterocycles. The number of rotatable bonds is 6. The molecule has 36 heavy (non-hydrogen) atoms. The molecule has 0 unspecified atom stereocenters. The topological polar surface area (TPSA) is 84.9 Å². The van der Waals surface area contributed by atoms with Crippen LogP contribution in [0.4, 0.5) is 14.9 Å². The highest BCUT2D eigenvalue weighted by Crippen LogP contribution is 2.38. The Morgan fingerprint density at radius 2 is 1.83 bits per heavy atom. The van der Waals surface area contributed by atoms with Crippen LogP contribution in [-0.4, -0.2) is 25.0 Å². The predicted molar refractivity (Wildman–Crippen MR) is 136 cm³/mol. The largest absolute Gasteiger partial charge is 0.493 e. The van der Waals surface area contributed by atoms with E-state index in [9.17, 15) is 18.8 Å². The van der Waals surface area contributed by atoms with Crippen molar-refractivity contribution in [2.45, 2.75) is 20.5 Å². The van der Waals surface area contributed by atoms with Gasteiger partial charge in [-0.05, 0) is 82.9 Å². The third-order valence-corrected chi connectivity index (χ3v) is 6.12. The quantitative estimate of drug-likeness (QED) is 0.324. The molecule has 1 aliphatic rings. The molecule has 1 heterocycles. The van der Waals surface area contributed by atoms with Crippen molar-refractivity contribution in [2.24, 2.45) is 0 Å². The van der Waals surface area contributed by atoms with Crippen LogP contribution >= 0.6 is 15.9 Å². The zero-order chi connectivity index (χ0) is 26.0. The summed E-state index contributed by atoms with van der Waals surface area (Å²) in [4.78, 5) is 39.3. The highest BCUT2D eigenvalue weighted by molar-refractivity contribution is 9.10. The van der Waals surface area contributed by atoms with Crippen molar-refractivity contribution in [3.05, 3.63) is 92.7 Å². The van der Waals surface area contributed by atoms with Crippen LogP contribution in [-0.2, 0) is 16.2 Å². The van der Waals surface area contributed by atoms with Gasteiger partial charge in [0.1, 0.15) is 18.0 Å². The SMILES string of the molecule is COc1cc(/C=C2\C(=O)NC(=O)N(c3ccc(C)cc3C)C2=O)cc(Br)c1OCc1cccc(F)c1. The van der Waals surface area contributed by atoms with E-state index < -0.39 is 17.8 Å². The molecule has 0 atom stereocenters. The molecule has 0 bridgehead atoms. The second-order valence-corrected chi connectivity index (χ2v) is 9.05. The summed E-state index contributed by atoms with van der Waals surface area (Å²) in [7, 11) is 1.45. The Labute approximate surface area is 215 Å². The van der Waals surface area contributed by atoms with Crippen LogP contribution in [0.1, 0.15) is 22.3 Å². The van der Waals surface area contributed by atoms with Crippen LogP contribution in [0.2, 0.25) is 0 Å². The summed E-state index contributed by atoms with van der Waals surface area (Å²) in [6, 6.07) is 13.8. The maximum Gasteiger partial charge on any atom is 0.335 e. The summed E-state index contributed by atoms with van der Waals surface area (Å²) in [6.07, 6.45) is 1.38. The normalized spacial score (nSPS) is 14.8. The minimum Gasteiger partial charge on any atom is -0.493 e. The fourth-order valence-corrected chi connectivity index (χ4v) is 4.42. The molecule has 1 aliphatic heterocycles. The van der Waals surface area contributed by atoms with Crippen LogP contribution in [0.15, 0.2) is 64.6 Å². The van der Waals surface area contributed by atoms with Gasteiger partial charge in [0, 0.05) is 0 Å². The molecule has 0 spiro atoms. The summed E-state index contributed by atoms with van der Waals surface area (Å²) >= 11 is 3.44. The van der Waals surface area contributed by atoms with Crippen molar-refractivity contribution in [1.82, 2.24) is 5.32 Å². The number of methoxy groups -OCH3 is 1. The monoisotopic (exact) mass is 552 g/mol. The highest BCUT2D eigenvalue weighted by Gasteiger charge is 2.37. The Morgan fingerprint density at radius 3 is 2.53 bits per heavy atom. The fourth-order valence-electron chi connectivity index (χ4n) is 3.84. The van der Waals surface area contributed by atoms with Gasteiger partial charge in [0.05, 0.1) is 17.3 Å². The first-order chi connectivity index (χ1) is 17.2. The maximum atomic E-state index is 13.5. The third-order valence-electron chi connectivity index (χ3n) is 5.53. The van der Waals surface area contributed by atoms with Crippen LogP contribution in [0, 0.1) is 19.7 Å². The average Bonchev–Trinajstić information content (AvgIpc) is 2.82. The van der Waals surface area contributed by atoms with Crippen molar-refractivity contribution in [2.75, 3.05) is 12.0 Å². The number of amides is 4. The Bertz CT molecular complexity index is 1420. The Morgan fingerprint density at radius 1 is 1.06 bits per heavy atom. The van der Waals surface area contributed by atoms with Gasteiger partial charge >= 0.3 is 6.03 Å². The van der Waals surface area contributed by atoms with Gasteiger partial charge in [-0.2, -0.15) is 0 Å². The second kappa shape index (κ2) is 10.3. The van der Waals surface area contributed by atoms with Crippen molar-refractivity contribution in [3.63, 3.8) is 0 Å². The van der Waals surface area contributed by atoms with Crippen LogP contribution < -0.4 is 19.7 Å². The van der Waals surface area contributed by atoms with E-state index >= 15 is 0 Å². The number of nitrogens with zero attached hydrogens (tertiary/aromatic N) is 1. The lowest BCUT2D eigenvalue weighted by atomic mass is 10.0. The molecule has 1 N–H and O–H groups in total. The molecular formula is C27H22BrFN2O5. The molecule has 0 aliphatic carbocycles. The third kappa shape index (κ3) is 5.16. The molecule has 0 saturated carbocycles. The van der Waals surface area contributed by atoms with Gasteiger partial charge in [-0.15, -0.1) is 0 Å². The lowest BCUT2D eigenvalue weighted by Gasteiger charge is -2.27. The van der Waals surface area contributed by atoms with Crippen LogP contribution in [0.25, 0.3) is 6.08 Å². The molecule has 184 valence electrons. The lowest BCUT2D eigenvalue weighted by Crippen LogP contribution is -2.54. The Balaban J connectivity index is 1.66. The fraction of sp³-hybridized carbons (Fsp3) is 0.148. The minimum absolute atomic E-state index is 0.0982. The van der Waals surface area contributed by atoms with E-state index in [1.54, 1.807) is 43.3 Å². The zero-order valence-corrected chi connectivity index (χ0v) is 21.3. The van der Waals surface area contributed by atoms with Gasteiger partial charge in [-0.1, -0.05) is 29.8 Å². The van der Waals surface area contributed by atoms with Crippen molar-refractivity contribution < 1.29 is 28.2 Å². The number of carbonyl (C=O) groups is 3. The Kier molecular flexibility index (Phi) is 7.21. The van der Waals surface area contributed by atoms with Crippen LogP contribution in [0.5, 0.6) is 11.5 Å². The Hall–Kier alpha value is -3.98. The van der Waals surface area contributed by atoms with Crippen molar-refractivity contribution in [3.8, 4) is 11.5 Å². The smallest absolute Gasteiger partial charge is 0.335 e. The standard InChI is InChI=1S/C27H22BrFN2O5/c1-15-7-8-22(16(2)9-15)31-26(33)20(25(32)30-27(31)34)11-18-12-21(28)24(23(13-18)35-3)36-14-17-5-4-6-19(29)10-17/h4-13H,14H2,1-3H3,(H,30,32,34)/b20-11+. The van der Waals surface area contributed by atoms with E-state index in [1.807, 2.05) is 13.0 Å². The second-order valence-electron chi connectivity index (χ2n) is 8.20. The molecular weight excluding hydrogens is 531 g/mol. The predicted octanol–water partition coefficient (Wildman–Crippen LogP) is 5.46. The van der Waals surface area contributed by atoms with Gasteiger partial charge < -0.3 is 9.47 Å². The number of nitrogens with one attached hydrogen (secondary N) is 1. The van der Waals surface area contributed by atoms with E-state index in [0.29, 0.717) is 32.8 Å². The van der Waals surface area contributed by atoms with Gasteiger partial charge in [0.2, 0.25) is 0 Å². The molecule has 1 fully saturated rings. The number of ether oxygens (including phenoxy) is 2. The first-order valence-electron chi connectivity index (χ1n) is 10.9. The maximum absolute atomic E-state index is 13.5. The highest BCUT2D eigenvalue weighted by atomic mass is 79.9. The number of hydrogen-bond donors (Lipinski definition) is 1. The zero-order valence-electron chi connectivity index (χ0n) is 19.7. The van der Waals surface area contributed by atoms with E-state index in [-0.39, 0.29) is 18.0 Å². The molecule has 7 nitrogen and oxygen atoms in total. The first kappa shape index (κ1) is 25.1. The number of barbiturate groups is 1. The van der Waals surface area contributed by atoms with Gasteiger partial charge in [0.15, 0.2) is 11.5 Å². The molecule has 9 heteroatoms. The summed E-state index contributed by atoms with van der Waals surface area (Å²) in [5.41, 5.74) is 2.97.